The molecule has 2 aromatic carbocycles. The Kier molecular flexibility index (Phi) is 6.46. The zero-order valence-corrected chi connectivity index (χ0v) is 14.0. The fourth-order valence-electron chi connectivity index (χ4n) is 2.04. The van der Waals surface area contributed by atoms with Crippen molar-refractivity contribution in [1.29, 1.82) is 0 Å². The topological polar surface area (TPSA) is 70.6 Å². The first-order chi connectivity index (χ1) is 12.2. The zero-order chi connectivity index (χ0) is 19.2. The van der Waals surface area contributed by atoms with Gasteiger partial charge in [-0.1, -0.05) is 23.8 Å². The summed E-state index contributed by atoms with van der Waals surface area (Å²) in [5.41, 5.74) is 0.820. The molecule has 2 amide bonds. The number of aliphatic hydroxyl groups excluding tert-OH is 1. The van der Waals surface area contributed by atoms with Gasteiger partial charge in [-0.05, 0) is 37.3 Å². The number of aliphatic hydroxyl groups is 1. The number of anilines is 1. The Balaban J connectivity index is 1.76. The van der Waals surface area contributed by atoms with Gasteiger partial charge in [0.2, 0.25) is 0 Å². The van der Waals surface area contributed by atoms with Gasteiger partial charge >= 0.3 is 12.2 Å². The number of carbonyl (C=O) groups excluding carboxylic acids is 1. The third-order valence-corrected chi connectivity index (χ3v) is 3.41. The van der Waals surface area contributed by atoms with Gasteiger partial charge in [0.1, 0.15) is 18.5 Å². The van der Waals surface area contributed by atoms with Gasteiger partial charge < -0.3 is 20.5 Å². The molecule has 3 N–H and O–H groups in total. The zero-order valence-electron chi connectivity index (χ0n) is 14.0. The van der Waals surface area contributed by atoms with Crippen molar-refractivity contribution in [3.63, 3.8) is 0 Å². The number of ether oxygens (including phenoxy) is 1. The number of halogens is 3. The molecule has 2 rings (SSSR count). The molecular formula is C18H19F3N2O3. The summed E-state index contributed by atoms with van der Waals surface area (Å²) in [5, 5.41) is 14.9. The number of benzene rings is 2. The van der Waals surface area contributed by atoms with Crippen molar-refractivity contribution in [2.24, 2.45) is 0 Å². The molecule has 26 heavy (non-hydrogen) atoms. The quantitative estimate of drug-likeness (QED) is 0.730. The smallest absolute Gasteiger partial charge is 0.416 e. The molecule has 0 unspecified atom stereocenters. The summed E-state index contributed by atoms with van der Waals surface area (Å²) in [4.78, 5) is 11.7. The lowest BCUT2D eigenvalue weighted by Crippen LogP contribution is -2.37. The lowest BCUT2D eigenvalue weighted by Gasteiger charge is -2.15. The van der Waals surface area contributed by atoms with Crippen molar-refractivity contribution < 1.29 is 27.8 Å². The Morgan fingerprint density at radius 3 is 2.54 bits per heavy atom. The van der Waals surface area contributed by atoms with Crippen LogP contribution < -0.4 is 15.4 Å². The van der Waals surface area contributed by atoms with Gasteiger partial charge in [0.15, 0.2) is 0 Å². The van der Waals surface area contributed by atoms with Crippen LogP contribution in [0.4, 0.5) is 23.7 Å². The number of rotatable bonds is 6. The van der Waals surface area contributed by atoms with Gasteiger partial charge in [-0.3, -0.25) is 0 Å². The summed E-state index contributed by atoms with van der Waals surface area (Å²) in [5.74, 6) is -0.0111. The highest BCUT2D eigenvalue weighted by Crippen LogP contribution is 2.31. The van der Waals surface area contributed by atoms with Gasteiger partial charge in [-0.2, -0.15) is 13.2 Å². The Morgan fingerprint density at radius 2 is 1.88 bits per heavy atom. The van der Waals surface area contributed by atoms with E-state index in [0.717, 1.165) is 17.7 Å². The minimum atomic E-state index is -4.46. The predicted molar refractivity (Wildman–Crippen MR) is 91.1 cm³/mol. The van der Waals surface area contributed by atoms with E-state index in [1.54, 1.807) is 12.1 Å². The molecule has 140 valence electrons. The predicted octanol–water partition coefficient (Wildman–Crippen LogP) is 3.58. The van der Waals surface area contributed by atoms with Gasteiger partial charge in [0.05, 0.1) is 5.56 Å². The summed E-state index contributed by atoms with van der Waals surface area (Å²) in [7, 11) is 0. The van der Waals surface area contributed by atoms with Crippen LogP contribution in [0.1, 0.15) is 11.1 Å². The first kappa shape index (κ1) is 19.6. The molecule has 0 heterocycles. The van der Waals surface area contributed by atoms with Crippen molar-refractivity contribution >= 4 is 11.7 Å². The molecule has 0 aliphatic rings. The highest BCUT2D eigenvalue weighted by Gasteiger charge is 2.30. The van der Waals surface area contributed by atoms with Crippen LogP contribution in [0.5, 0.6) is 5.75 Å². The van der Waals surface area contributed by atoms with E-state index in [0.29, 0.717) is 5.69 Å². The molecule has 0 aliphatic carbocycles. The summed E-state index contributed by atoms with van der Waals surface area (Å²) >= 11 is 0. The Hall–Kier alpha value is -2.74. The van der Waals surface area contributed by atoms with E-state index in [-0.39, 0.29) is 18.9 Å². The number of hydrogen-bond donors (Lipinski definition) is 3. The van der Waals surface area contributed by atoms with Crippen LogP contribution >= 0.6 is 0 Å². The van der Waals surface area contributed by atoms with Crippen molar-refractivity contribution in [2.45, 2.75) is 19.2 Å². The van der Waals surface area contributed by atoms with Crippen LogP contribution in [0.25, 0.3) is 0 Å². The second-order valence-corrected chi connectivity index (χ2v) is 5.69. The second kappa shape index (κ2) is 8.57. The molecule has 2 aromatic rings. The Bertz CT molecular complexity index is 733. The summed E-state index contributed by atoms with van der Waals surface area (Å²) in [6.07, 6.45) is -5.54. The first-order valence-electron chi connectivity index (χ1n) is 7.83. The van der Waals surface area contributed by atoms with Crippen molar-refractivity contribution in [2.75, 3.05) is 18.5 Å². The first-order valence-corrected chi connectivity index (χ1v) is 7.83. The van der Waals surface area contributed by atoms with Crippen LogP contribution in [-0.2, 0) is 6.18 Å². The number of nitrogens with one attached hydrogen (secondary N) is 2. The molecule has 0 fully saturated rings. The molecular weight excluding hydrogens is 349 g/mol. The summed E-state index contributed by atoms with van der Waals surface area (Å²) < 4.78 is 43.0. The molecule has 0 saturated carbocycles. The van der Waals surface area contributed by atoms with Crippen molar-refractivity contribution in [1.82, 2.24) is 5.32 Å². The number of alkyl halides is 3. The number of urea groups is 1. The van der Waals surface area contributed by atoms with E-state index < -0.39 is 23.9 Å². The molecule has 0 radical (unpaired) electrons. The summed E-state index contributed by atoms with van der Waals surface area (Å²) in [6.45, 7) is 1.55. The SMILES string of the molecule is Cc1ccc(NC(=O)NC[C@H](O)COc2cccc(C(F)(F)F)c2)cc1. The minimum absolute atomic E-state index is 0.0111. The van der Waals surface area contributed by atoms with E-state index in [1.165, 1.54) is 12.1 Å². The van der Waals surface area contributed by atoms with E-state index >= 15 is 0 Å². The van der Waals surface area contributed by atoms with Crippen molar-refractivity contribution in [3.8, 4) is 5.75 Å². The Labute approximate surface area is 148 Å². The molecule has 0 spiro atoms. The number of carbonyl (C=O) groups is 1. The van der Waals surface area contributed by atoms with Crippen LogP contribution in [0.15, 0.2) is 48.5 Å². The number of amides is 2. The molecule has 1 atom stereocenters. The van der Waals surface area contributed by atoms with Gasteiger partial charge in [0.25, 0.3) is 0 Å². The average molecular weight is 368 g/mol. The fourth-order valence-corrected chi connectivity index (χ4v) is 2.04. The highest BCUT2D eigenvalue weighted by atomic mass is 19.4. The molecule has 0 aromatic heterocycles. The number of hydrogen-bond acceptors (Lipinski definition) is 3. The lowest BCUT2D eigenvalue weighted by atomic mass is 10.2. The normalized spacial score (nSPS) is 12.3. The van der Waals surface area contributed by atoms with Crippen molar-refractivity contribution in [3.05, 3.63) is 59.7 Å². The van der Waals surface area contributed by atoms with E-state index in [2.05, 4.69) is 10.6 Å². The Morgan fingerprint density at radius 1 is 1.19 bits per heavy atom. The van der Waals surface area contributed by atoms with Gasteiger partial charge in [-0.25, -0.2) is 4.79 Å². The maximum absolute atomic E-state index is 12.6. The highest BCUT2D eigenvalue weighted by molar-refractivity contribution is 5.89. The monoisotopic (exact) mass is 368 g/mol. The second-order valence-electron chi connectivity index (χ2n) is 5.69. The maximum Gasteiger partial charge on any atom is 0.416 e. The van der Waals surface area contributed by atoms with E-state index in [4.69, 9.17) is 4.74 Å². The average Bonchev–Trinajstić information content (AvgIpc) is 2.60. The van der Waals surface area contributed by atoms with Crippen LogP contribution in [0.3, 0.4) is 0 Å². The molecule has 8 heteroatoms. The van der Waals surface area contributed by atoms with E-state index in [9.17, 15) is 23.1 Å². The lowest BCUT2D eigenvalue weighted by molar-refractivity contribution is -0.137. The van der Waals surface area contributed by atoms with Crippen LogP contribution in [0, 0.1) is 6.92 Å². The fraction of sp³-hybridized carbons (Fsp3) is 0.278. The van der Waals surface area contributed by atoms with Gasteiger partial charge in [0, 0.05) is 12.2 Å². The third kappa shape index (κ3) is 6.29. The molecule has 0 aliphatic heterocycles. The third-order valence-electron chi connectivity index (χ3n) is 3.41. The standard InChI is InChI=1S/C18H19F3N2O3/c1-12-5-7-14(8-6-12)23-17(25)22-10-15(24)11-26-16-4-2-3-13(9-16)18(19,20)21/h2-9,15,24H,10-11H2,1H3,(H2,22,23,25)/t15-/m0/s1. The van der Waals surface area contributed by atoms with Crippen LogP contribution in [0.2, 0.25) is 0 Å². The number of aryl methyl sites for hydroxylation is 1. The molecule has 0 bridgehead atoms. The molecule has 5 nitrogen and oxygen atoms in total. The summed E-state index contributed by atoms with van der Waals surface area (Å²) in [6, 6.07) is 11.0. The molecule has 0 saturated heterocycles. The van der Waals surface area contributed by atoms with Crippen LogP contribution in [-0.4, -0.2) is 30.4 Å². The van der Waals surface area contributed by atoms with E-state index in [1.807, 2.05) is 19.1 Å². The largest absolute Gasteiger partial charge is 0.491 e. The minimum Gasteiger partial charge on any atom is -0.491 e. The maximum atomic E-state index is 12.6. The van der Waals surface area contributed by atoms with Gasteiger partial charge in [-0.15, -0.1) is 0 Å².